The van der Waals surface area contributed by atoms with E-state index in [1.54, 1.807) is 0 Å². The highest BCUT2D eigenvalue weighted by Crippen LogP contribution is 2.44. The number of hydrogen-bond donors (Lipinski definition) is 0. The van der Waals surface area contributed by atoms with Gasteiger partial charge in [-0.05, 0) is 37.5 Å². The molecule has 0 radical (unpaired) electrons. The molecule has 72 valence electrons. The molecule has 3 atom stereocenters. The summed E-state index contributed by atoms with van der Waals surface area (Å²) in [5.74, 6) is 1.96. The van der Waals surface area contributed by atoms with Crippen molar-refractivity contribution in [1.29, 1.82) is 0 Å². The lowest BCUT2D eigenvalue weighted by molar-refractivity contribution is -0.144. The second kappa shape index (κ2) is 3.52. The number of hydrogen-bond acceptors (Lipinski definition) is 2. The fourth-order valence-electron chi connectivity index (χ4n) is 2.56. The smallest absolute Gasteiger partial charge is 0.306 e. The van der Waals surface area contributed by atoms with Crippen molar-refractivity contribution in [3.05, 3.63) is 12.2 Å². The first kappa shape index (κ1) is 8.79. The van der Waals surface area contributed by atoms with Gasteiger partial charge in [0, 0.05) is 6.42 Å². The molecule has 0 spiro atoms. The van der Waals surface area contributed by atoms with E-state index in [1.807, 2.05) is 6.92 Å². The minimum absolute atomic E-state index is 0.0200. The third kappa shape index (κ3) is 1.77. The Bertz CT molecular complexity index is 232. The molecule has 2 aliphatic carbocycles. The lowest BCUT2D eigenvalue weighted by atomic mass is 9.91. The van der Waals surface area contributed by atoms with Crippen LogP contribution in [0.2, 0.25) is 0 Å². The highest BCUT2D eigenvalue weighted by atomic mass is 16.5. The standard InChI is InChI=1S/C11H16O2/c1-2-13-11(12)7-10-6-8-3-4-9(10)5-8/h3-4,8-10H,2,5-7H2,1H3. The first-order valence-electron chi connectivity index (χ1n) is 5.13. The topological polar surface area (TPSA) is 26.3 Å². The number of carbonyl (C=O) groups excluding carboxylic acids is 1. The van der Waals surface area contributed by atoms with E-state index >= 15 is 0 Å². The van der Waals surface area contributed by atoms with E-state index in [2.05, 4.69) is 12.2 Å². The van der Waals surface area contributed by atoms with Crippen molar-refractivity contribution in [1.82, 2.24) is 0 Å². The number of rotatable bonds is 3. The van der Waals surface area contributed by atoms with Gasteiger partial charge < -0.3 is 4.74 Å². The Kier molecular flexibility index (Phi) is 2.38. The van der Waals surface area contributed by atoms with Gasteiger partial charge in [0.15, 0.2) is 0 Å². The normalized spacial score (nSPS) is 35.3. The van der Waals surface area contributed by atoms with Crippen LogP contribution in [0, 0.1) is 17.8 Å². The molecule has 0 heterocycles. The summed E-state index contributed by atoms with van der Waals surface area (Å²) in [6.45, 7) is 2.37. The average molecular weight is 180 g/mol. The van der Waals surface area contributed by atoms with Crippen LogP contribution in [-0.2, 0) is 9.53 Å². The van der Waals surface area contributed by atoms with Gasteiger partial charge in [-0.1, -0.05) is 12.2 Å². The van der Waals surface area contributed by atoms with E-state index in [1.165, 1.54) is 12.8 Å². The van der Waals surface area contributed by atoms with Crippen molar-refractivity contribution in [2.45, 2.75) is 26.2 Å². The lowest BCUT2D eigenvalue weighted by Crippen LogP contribution is -2.14. The molecule has 0 amide bonds. The second-order valence-electron chi connectivity index (χ2n) is 4.05. The molecule has 2 heteroatoms. The van der Waals surface area contributed by atoms with Gasteiger partial charge in [-0.2, -0.15) is 0 Å². The predicted octanol–water partition coefficient (Wildman–Crippen LogP) is 2.15. The zero-order valence-electron chi connectivity index (χ0n) is 8.03. The number of allylic oxidation sites excluding steroid dienone is 2. The molecule has 0 aromatic carbocycles. The van der Waals surface area contributed by atoms with Crippen molar-refractivity contribution in [3.63, 3.8) is 0 Å². The third-order valence-electron chi connectivity index (χ3n) is 3.15. The van der Waals surface area contributed by atoms with E-state index in [4.69, 9.17) is 4.74 Å². The molecule has 1 fully saturated rings. The number of fused-ring (bicyclic) bond motifs is 2. The molecule has 0 aromatic rings. The molecule has 2 aliphatic rings. The predicted molar refractivity (Wildman–Crippen MR) is 50.1 cm³/mol. The Hall–Kier alpha value is -0.790. The molecule has 1 saturated carbocycles. The zero-order valence-corrected chi connectivity index (χ0v) is 8.03. The molecule has 0 aromatic heterocycles. The van der Waals surface area contributed by atoms with Crippen molar-refractivity contribution in [2.24, 2.45) is 17.8 Å². The summed E-state index contributed by atoms with van der Waals surface area (Å²) in [6.07, 6.45) is 7.66. The number of ether oxygens (including phenoxy) is 1. The first-order valence-corrected chi connectivity index (χ1v) is 5.13. The zero-order chi connectivity index (χ0) is 9.26. The fourth-order valence-corrected chi connectivity index (χ4v) is 2.56. The maximum Gasteiger partial charge on any atom is 0.306 e. The number of esters is 1. The van der Waals surface area contributed by atoms with Crippen LogP contribution in [0.4, 0.5) is 0 Å². The quantitative estimate of drug-likeness (QED) is 0.491. The van der Waals surface area contributed by atoms with Gasteiger partial charge in [-0.3, -0.25) is 4.79 Å². The highest BCUT2D eigenvalue weighted by Gasteiger charge is 2.36. The maximum atomic E-state index is 11.2. The molecule has 2 nitrogen and oxygen atoms in total. The molecule has 2 rings (SSSR count). The summed E-state index contributed by atoms with van der Waals surface area (Å²) in [6, 6.07) is 0. The van der Waals surface area contributed by atoms with Crippen LogP contribution in [0.25, 0.3) is 0 Å². The minimum Gasteiger partial charge on any atom is -0.466 e. The Balaban J connectivity index is 1.83. The van der Waals surface area contributed by atoms with Crippen molar-refractivity contribution in [2.75, 3.05) is 6.61 Å². The summed E-state index contributed by atoms with van der Waals surface area (Å²) >= 11 is 0. The summed E-state index contributed by atoms with van der Waals surface area (Å²) in [7, 11) is 0. The van der Waals surface area contributed by atoms with Gasteiger partial charge >= 0.3 is 5.97 Å². The van der Waals surface area contributed by atoms with Crippen LogP contribution in [0.5, 0.6) is 0 Å². The molecule has 0 N–H and O–H groups in total. The van der Waals surface area contributed by atoms with E-state index in [9.17, 15) is 4.79 Å². The molecule has 13 heavy (non-hydrogen) atoms. The van der Waals surface area contributed by atoms with Gasteiger partial charge in [0.2, 0.25) is 0 Å². The molecule has 3 unspecified atom stereocenters. The van der Waals surface area contributed by atoms with Gasteiger partial charge in [-0.25, -0.2) is 0 Å². The average Bonchev–Trinajstić information content (AvgIpc) is 2.65. The SMILES string of the molecule is CCOC(=O)CC1CC2C=CC1C2. The van der Waals surface area contributed by atoms with Gasteiger partial charge in [0.25, 0.3) is 0 Å². The van der Waals surface area contributed by atoms with Gasteiger partial charge in [0.1, 0.15) is 0 Å². The number of carbonyl (C=O) groups is 1. The Labute approximate surface area is 79.0 Å². The van der Waals surface area contributed by atoms with E-state index in [0.717, 1.165) is 5.92 Å². The van der Waals surface area contributed by atoms with Crippen LogP contribution in [0.1, 0.15) is 26.2 Å². The monoisotopic (exact) mass is 180 g/mol. The highest BCUT2D eigenvalue weighted by molar-refractivity contribution is 5.69. The van der Waals surface area contributed by atoms with Crippen LogP contribution in [0.3, 0.4) is 0 Å². The minimum atomic E-state index is -0.0200. The van der Waals surface area contributed by atoms with Crippen molar-refractivity contribution >= 4 is 5.97 Å². The van der Waals surface area contributed by atoms with Crippen molar-refractivity contribution in [3.8, 4) is 0 Å². The lowest BCUT2D eigenvalue weighted by Gasteiger charge is -2.16. The van der Waals surface area contributed by atoms with Crippen LogP contribution >= 0.6 is 0 Å². The molecular formula is C11H16O2. The summed E-state index contributed by atoms with van der Waals surface area (Å²) in [4.78, 5) is 11.2. The maximum absolute atomic E-state index is 11.2. The molecule has 2 bridgehead atoms. The summed E-state index contributed by atoms with van der Waals surface area (Å²) < 4.78 is 4.95. The summed E-state index contributed by atoms with van der Waals surface area (Å²) in [5, 5.41) is 0. The molecular weight excluding hydrogens is 164 g/mol. The molecule has 0 aliphatic heterocycles. The van der Waals surface area contributed by atoms with E-state index in [0.29, 0.717) is 24.9 Å². The van der Waals surface area contributed by atoms with Crippen LogP contribution in [-0.4, -0.2) is 12.6 Å². The summed E-state index contributed by atoms with van der Waals surface area (Å²) in [5.41, 5.74) is 0. The molecule has 0 saturated heterocycles. The fraction of sp³-hybridized carbons (Fsp3) is 0.727. The Morgan fingerprint density at radius 2 is 2.31 bits per heavy atom. The van der Waals surface area contributed by atoms with Gasteiger partial charge in [0.05, 0.1) is 6.61 Å². The van der Waals surface area contributed by atoms with E-state index in [-0.39, 0.29) is 5.97 Å². The Morgan fingerprint density at radius 1 is 1.46 bits per heavy atom. The van der Waals surface area contributed by atoms with Crippen LogP contribution < -0.4 is 0 Å². The van der Waals surface area contributed by atoms with Crippen LogP contribution in [0.15, 0.2) is 12.2 Å². The Morgan fingerprint density at radius 3 is 2.85 bits per heavy atom. The van der Waals surface area contributed by atoms with Gasteiger partial charge in [-0.15, -0.1) is 0 Å². The van der Waals surface area contributed by atoms with Crippen molar-refractivity contribution < 1.29 is 9.53 Å². The first-order chi connectivity index (χ1) is 6.29. The largest absolute Gasteiger partial charge is 0.466 e. The second-order valence-corrected chi connectivity index (χ2v) is 4.05. The van der Waals surface area contributed by atoms with E-state index < -0.39 is 0 Å². The third-order valence-corrected chi connectivity index (χ3v) is 3.15.